The minimum Gasteiger partial charge on any atom is -0.359 e. The van der Waals surface area contributed by atoms with Crippen molar-refractivity contribution >= 4 is 29.0 Å². The summed E-state index contributed by atoms with van der Waals surface area (Å²) in [6, 6.07) is 0. The Morgan fingerprint density at radius 3 is 1.90 bits per heavy atom. The van der Waals surface area contributed by atoms with E-state index in [0.717, 1.165) is 13.1 Å². The summed E-state index contributed by atoms with van der Waals surface area (Å²) in [5.41, 5.74) is 0. The van der Waals surface area contributed by atoms with Crippen LogP contribution < -0.4 is 0 Å². The van der Waals surface area contributed by atoms with Gasteiger partial charge in [-0.05, 0) is 13.8 Å². The molecule has 0 atom stereocenters. The van der Waals surface area contributed by atoms with Gasteiger partial charge in [0.2, 0.25) is 0 Å². The molecule has 60 valence electrons. The van der Waals surface area contributed by atoms with Crippen molar-refractivity contribution in [3.05, 3.63) is 0 Å². The second-order valence-electron chi connectivity index (χ2n) is 1.86. The van der Waals surface area contributed by atoms with Crippen LogP contribution in [0.5, 0.6) is 0 Å². The van der Waals surface area contributed by atoms with Gasteiger partial charge in [0.05, 0.1) is 0 Å². The summed E-state index contributed by atoms with van der Waals surface area (Å²) < 4.78 is 0. The standard InChI is InChI=1S/C6H12Cl2N2/c1-3-10(4-2)6(9)5(7)8/h5,9H,3-4H2,1-2H3. The highest BCUT2D eigenvalue weighted by Crippen LogP contribution is 2.06. The highest BCUT2D eigenvalue weighted by molar-refractivity contribution is 6.53. The molecule has 0 radical (unpaired) electrons. The van der Waals surface area contributed by atoms with Crippen molar-refractivity contribution in [3.8, 4) is 0 Å². The van der Waals surface area contributed by atoms with Crippen molar-refractivity contribution in [1.29, 1.82) is 5.41 Å². The predicted octanol–water partition coefficient (Wildman–Crippen LogP) is 2.11. The lowest BCUT2D eigenvalue weighted by atomic mass is 10.5. The van der Waals surface area contributed by atoms with Crippen LogP contribution in [0, 0.1) is 5.41 Å². The van der Waals surface area contributed by atoms with Gasteiger partial charge >= 0.3 is 0 Å². The third-order valence-corrected chi connectivity index (χ3v) is 1.72. The maximum absolute atomic E-state index is 7.36. The van der Waals surface area contributed by atoms with E-state index < -0.39 is 4.84 Å². The summed E-state index contributed by atoms with van der Waals surface area (Å²) in [4.78, 5) is 1.12. The number of hydrogen-bond acceptors (Lipinski definition) is 1. The van der Waals surface area contributed by atoms with Crippen molar-refractivity contribution < 1.29 is 0 Å². The van der Waals surface area contributed by atoms with Gasteiger partial charge in [0, 0.05) is 13.1 Å². The van der Waals surface area contributed by atoms with Gasteiger partial charge in [0.15, 0.2) is 4.84 Å². The van der Waals surface area contributed by atoms with Gasteiger partial charge in [-0.25, -0.2) is 0 Å². The lowest BCUT2D eigenvalue weighted by Crippen LogP contribution is -2.33. The van der Waals surface area contributed by atoms with Crippen LogP contribution in [0.25, 0.3) is 0 Å². The molecule has 0 aliphatic rings. The third-order valence-electron chi connectivity index (χ3n) is 1.31. The lowest BCUT2D eigenvalue weighted by Gasteiger charge is -2.21. The van der Waals surface area contributed by atoms with E-state index in [4.69, 9.17) is 28.6 Å². The molecule has 0 saturated heterocycles. The van der Waals surface area contributed by atoms with Crippen LogP contribution in [0.3, 0.4) is 0 Å². The molecule has 0 fully saturated rings. The van der Waals surface area contributed by atoms with Crippen molar-refractivity contribution in [3.63, 3.8) is 0 Å². The van der Waals surface area contributed by atoms with Crippen molar-refractivity contribution in [1.82, 2.24) is 4.90 Å². The molecule has 0 bridgehead atoms. The molecule has 10 heavy (non-hydrogen) atoms. The molecular weight excluding hydrogens is 171 g/mol. The maximum Gasteiger partial charge on any atom is 0.164 e. The SMILES string of the molecule is CCN(CC)C(=N)C(Cl)Cl. The fraction of sp³-hybridized carbons (Fsp3) is 0.833. The van der Waals surface area contributed by atoms with Crippen LogP contribution in [-0.4, -0.2) is 28.7 Å². The number of rotatable bonds is 3. The first kappa shape index (κ1) is 10.0. The summed E-state index contributed by atoms with van der Waals surface area (Å²) in [5.74, 6) is 0.285. The van der Waals surface area contributed by atoms with E-state index in [2.05, 4.69) is 0 Å². The summed E-state index contributed by atoms with van der Waals surface area (Å²) in [6.45, 7) is 5.50. The Balaban J connectivity index is 3.89. The maximum atomic E-state index is 7.36. The molecule has 0 rings (SSSR count). The first-order chi connectivity index (χ1) is 4.63. The molecule has 0 aromatic rings. The highest BCUT2D eigenvalue weighted by atomic mass is 35.5. The van der Waals surface area contributed by atoms with Gasteiger partial charge in [0.25, 0.3) is 0 Å². The molecule has 1 N–H and O–H groups in total. The monoisotopic (exact) mass is 182 g/mol. The molecule has 0 amide bonds. The largest absolute Gasteiger partial charge is 0.359 e. The van der Waals surface area contributed by atoms with E-state index in [1.54, 1.807) is 0 Å². The van der Waals surface area contributed by atoms with Crippen LogP contribution in [0.2, 0.25) is 0 Å². The summed E-state index contributed by atoms with van der Waals surface area (Å²) >= 11 is 11.0. The smallest absolute Gasteiger partial charge is 0.164 e. The number of nitrogens with zero attached hydrogens (tertiary/aromatic N) is 1. The van der Waals surface area contributed by atoms with E-state index >= 15 is 0 Å². The fourth-order valence-electron chi connectivity index (χ4n) is 0.702. The second kappa shape index (κ2) is 4.80. The molecule has 0 unspecified atom stereocenters. The zero-order valence-electron chi connectivity index (χ0n) is 6.19. The molecule has 0 aromatic heterocycles. The van der Waals surface area contributed by atoms with Crippen LogP contribution in [-0.2, 0) is 0 Å². The summed E-state index contributed by atoms with van der Waals surface area (Å²) in [7, 11) is 0. The predicted molar refractivity (Wildman–Crippen MR) is 46.1 cm³/mol. The number of halogens is 2. The number of alkyl halides is 2. The number of hydrogen-bond donors (Lipinski definition) is 1. The van der Waals surface area contributed by atoms with Crippen LogP contribution in [0.15, 0.2) is 0 Å². The van der Waals surface area contributed by atoms with Gasteiger partial charge in [-0.1, -0.05) is 23.2 Å². The average Bonchev–Trinajstić information content (AvgIpc) is 1.90. The minimum absolute atomic E-state index is 0.285. The summed E-state index contributed by atoms with van der Waals surface area (Å²) in [5, 5.41) is 7.36. The first-order valence-corrected chi connectivity index (χ1v) is 4.12. The number of nitrogens with one attached hydrogen (secondary N) is 1. The van der Waals surface area contributed by atoms with E-state index in [0.29, 0.717) is 0 Å². The fourth-order valence-corrected chi connectivity index (χ4v) is 0.978. The normalized spacial score (nSPS) is 10.1. The molecule has 0 aromatic carbocycles. The third kappa shape index (κ3) is 2.76. The van der Waals surface area contributed by atoms with Gasteiger partial charge in [-0.3, -0.25) is 5.41 Å². The first-order valence-electron chi connectivity index (χ1n) is 3.25. The minimum atomic E-state index is -0.695. The van der Waals surface area contributed by atoms with E-state index in [1.807, 2.05) is 18.7 Å². The van der Waals surface area contributed by atoms with E-state index in [1.165, 1.54) is 0 Å². The van der Waals surface area contributed by atoms with Crippen molar-refractivity contribution in [2.75, 3.05) is 13.1 Å². The van der Waals surface area contributed by atoms with E-state index in [9.17, 15) is 0 Å². The molecular formula is C6H12Cl2N2. The van der Waals surface area contributed by atoms with Crippen molar-refractivity contribution in [2.45, 2.75) is 18.7 Å². The molecule has 0 aliphatic heterocycles. The average molecular weight is 183 g/mol. The van der Waals surface area contributed by atoms with Gasteiger partial charge in [-0.15, -0.1) is 0 Å². The van der Waals surface area contributed by atoms with Gasteiger partial charge < -0.3 is 4.90 Å². The zero-order chi connectivity index (χ0) is 8.15. The van der Waals surface area contributed by atoms with Crippen LogP contribution in [0.1, 0.15) is 13.8 Å². The Kier molecular flexibility index (Phi) is 4.83. The quantitative estimate of drug-likeness (QED) is 0.405. The lowest BCUT2D eigenvalue weighted by molar-refractivity contribution is 0.458. The van der Waals surface area contributed by atoms with E-state index in [-0.39, 0.29) is 5.84 Å². The molecule has 0 heterocycles. The Hall–Kier alpha value is 0.0500. The Bertz CT molecular complexity index is 110. The second-order valence-corrected chi connectivity index (χ2v) is 2.95. The van der Waals surface area contributed by atoms with Crippen molar-refractivity contribution in [2.24, 2.45) is 0 Å². The molecule has 2 nitrogen and oxygen atoms in total. The van der Waals surface area contributed by atoms with Gasteiger partial charge in [0.1, 0.15) is 5.84 Å². The Labute approximate surface area is 71.6 Å². The Morgan fingerprint density at radius 1 is 1.40 bits per heavy atom. The topological polar surface area (TPSA) is 27.1 Å². The zero-order valence-corrected chi connectivity index (χ0v) is 7.71. The molecule has 4 heteroatoms. The molecule has 0 aliphatic carbocycles. The number of amidine groups is 1. The molecule has 0 spiro atoms. The van der Waals surface area contributed by atoms with Gasteiger partial charge in [-0.2, -0.15) is 0 Å². The Morgan fingerprint density at radius 2 is 1.80 bits per heavy atom. The van der Waals surface area contributed by atoms with Crippen LogP contribution >= 0.6 is 23.2 Å². The summed E-state index contributed by atoms with van der Waals surface area (Å²) in [6.07, 6.45) is 0. The van der Waals surface area contributed by atoms with Crippen LogP contribution in [0.4, 0.5) is 0 Å². The molecule has 0 saturated carbocycles. The highest BCUT2D eigenvalue weighted by Gasteiger charge is 2.11.